The van der Waals surface area contributed by atoms with Crippen LogP contribution in [0.2, 0.25) is 0 Å². The SMILES string of the molecule is CCC(N)c1cc(F)c2c(c1)CCC(=O)N2. The molecule has 1 unspecified atom stereocenters. The molecular weight excluding hydrogens is 207 g/mol. The minimum atomic E-state index is -0.385. The summed E-state index contributed by atoms with van der Waals surface area (Å²) in [6, 6.07) is 3.17. The highest BCUT2D eigenvalue weighted by molar-refractivity contribution is 5.94. The van der Waals surface area contributed by atoms with E-state index in [4.69, 9.17) is 5.73 Å². The van der Waals surface area contributed by atoms with E-state index in [1.807, 2.05) is 13.0 Å². The number of rotatable bonds is 2. The van der Waals surface area contributed by atoms with Crippen LogP contribution in [0.25, 0.3) is 0 Å². The molecule has 16 heavy (non-hydrogen) atoms. The maximum Gasteiger partial charge on any atom is 0.224 e. The van der Waals surface area contributed by atoms with Crippen LogP contribution in [-0.2, 0) is 11.2 Å². The van der Waals surface area contributed by atoms with Gasteiger partial charge in [-0.25, -0.2) is 4.39 Å². The van der Waals surface area contributed by atoms with Crippen molar-refractivity contribution in [3.63, 3.8) is 0 Å². The standard InChI is InChI=1S/C12H15FN2O/c1-2-10(14)8-5-7-3-4-11(16)15-12(7)9(13)6-8/h5-6,10H,2-4,14H2,1H3,(H,15,16). The lowest BCUT2D eigenvalue weighted by Crippen LogP contribution is -2.21. The van der Waals surface area contributed by atoms with Gasteiger partial charge in [0, 0.05) is 12.5 Å². The Kier molecular flexibility index (Phi) is 2.92. The fraction of sp³-hybridized carbons (Fsp3) is 0.417. The molecule has 0 saturated heterocycles. The molecule has 3 nitrogen and oxygen atoms in total. The van der Waals surface area contributed by atoms with E-state index in [9.17, 15) is 9.18 Å². The molecule has 0 fully saturated rings. The molecule has 86 valence electrons. The van der Waals surface area contributed by atoms with Crippen molar-refractivity contribution in [3.8, 4) is 0 Å². The number of benzene rings is 1. The summed E-state index contributed by atoms with van der Waals surface area (Å²) in [5.74, 6) is -0.511. The molecule has 0 aliphatic carbocycles. The van der Waals surface area contributed by atoms with Crippen molar-refractivity contribution in [1.82, 2.24) is 0 Å². The molecule has 2 rings (SSSR count). The molecule has 1 aliphatic heterocycles. The first-order chi connectivity index (χ1) is 7.61. The van der Waals surface area contributed by atoms with Crippen LogP contribution in [0, 0.1) is 5.82 Å². The van der Waals surface area contributed by atoms with E-state index in [1.54, 1.807) is 0 Å². The highest BCUT2D eigenvalue weighted by atomic mass is 19.1. The number of fused-ring (bicyclic) bond motifs is 1. The van der Waals surface area contributed by atoms with Gasteiger partial charge in [-0.15, -0.1) is 0 Å². The van der Waals surface area contributed by atoms with Gasteiger partial charge in [-0.1, -0.05) is 13.0 Å². The predicted octanol–water partition coefficient (Wildman–Crippen LogP) is 2.12. The first-order valence-electron chi connectivity index (χ1n) is 5.49. The normalized spacial score (nSPS) is 16.6. The zero-order valence-corrected chi connectivity index (χ0v) is 9.22. The van der Waals surface area contributed by atoms with Crippen molar-refractivity contribution >= 4 is 11.6 Å². The quantitative estimate of drug-likeness (QED) is 0.805. The highest BCUT2D eigenvalue weighted by Crippen LogP contribution is 2.29. The summed E-state index contributed by atoms with van der Waals surface area (Å²) in [4.78, 5) is 11.2. The summed E-state index contributed by atoms with van der Waals surface area (Å²) < 4.78 is 13.7. The molecule has 1 aromatic rings. The first kappa shape index (κ1) is 11.1. The van der Waals surface area contributed by atoms with E-state index < -0.39 is 0 Å². The Morgan fingerprint density at radius 1 is 1.50 bits per heavy atom. The number of anilines is 1. The molecule has 1 aromatic carbocycles. The number of hydrogen-bond donors (Lipinski definition) is 2. The van der Waals surface area contributed by atoms with Gasteiger partial charge in [0.05, 0.1) is 5.69 Å². The third kappa shape index (κ3) is 1.93. The van der Waals surface area contributed by atoms with Crippen LogP contribution in [0.4, 0.5) is 10.1 Å². The van der Waals surface area contributed by atoms with Gasteiger partial charge >= 0.3 is 0 Å². The van der Waals surface area contributed by atoms with Gasteiger partial charge in [-0.3, -0.25) is 4.79 Å². The Bertz CT molecular complexity index is 431. The summed E-state index contributed by atoms with van der Waals surface area (Å²) in [6.07, 6.45) is 1.77. The molecule has 1 atom stereocenters. The third-order valence-corrected chi connectivity index (χ3v) is 2.95. The first-order valence-corrected chi connectivity index (χ1v) is 5.49. The van der Waals surface area contributed by atoms with Crippen LogP contribution in [0.5, 0.6) is 0 Å². The third-order valence-electron chi connectivity index (χ3n) is 2.95. The van der Waals surface area contributed by atoms with Crippen LogP contribution in [-0.4, -0.2) is 5.91 Å². The number of hydrogen-bond acceptors (Lipinski definition) is 2. The second kappa shape index (κ2) is 4.22. The molecule has 0 bridgehead atoms. The smallest absolute Gasteiger partial charge is 0.224 e. The van der Waals surface area contributed by atoms with Gasteiger partial charge in [-0.2, -0.15) is 0 Å². The van der Waals surface area contributed by atoms with Crippen molar-refractivity contribution in [2.24, 2.45) is 5.73 Å². The van der Waals surface area contributed by atoms with E-state index in [2.05, 4.69) is 5.32 Å². The second-order valence-electron chi connectivity index (χ2n) is 4.10. The van der Waals surface area contributed by atoms with Gasteiger partial charge in [-0.05, 0) is 30.0 Å². The van der Waals surface area contributed by atoms with Gasteiger partial charge < -0.3 is 11.1 Å². The largest absolute Gasteiger partial charge is 0.324 e. The highest BCUT2D eigenvalue weighted by Gasteiger charge is 2.20. The van der Waals surface area contributed by atoms with E-state index in [0.717, 1.165) is 17.5 Å². The molecule has 0 radical (unpaired) electrons. The molecule has 0 aromatic heterocycles. The fourth-order valence-corrected chi connectivity index (χ4v) is 1.92. The second-order valence-corrected chi connectivity index (χ2v) is 4.10. The number of aryl methyl sites for hydroxylation is 1. The van der Waals surface area contributed by atoms with Crippen molar-refractivity contribution in [1.29, 1.82) is 0 Å². The van der Waals surface area contributed by atoms with E-state index in [1.165, 1.54) is 6.07 Å². The van der Waals surface area contributed by atoms with E-state index in [0.29, 0.717) is 18.5 Å². The minimum Gasteiger partial charge on any atom is -0.324 e. The average molecular weight is 222 g/mol. The van der Waals surface area contributed by atoms with Crippen molar-refractivity contribution in [2.45, 2.75) is 32.2 Å². The summed E-state index contributed by atoms with van der Waals surface area (Å²) in [5, 5.41) is 2.56. The van der Waals surface area contributed by atoms with Gasteiger partial charge in [0.1, 0.15) is 5.82 Å². The van der Waals surface area contributed by atoms with Gasteiger partial charge in [0.15, 0.2) is 0 Å². The predicted molar refractivity (Wildman–Crippen MR) is 60.6 cm³/mol. The average Bonchev–Trinajstić information content (AvgIpc) is 2.28. The number of halogens is 1. The Balaban J connectivity index is 2.42. The molecule has 3 N–H and O–H groups in total. The number of nitrogens with two attached hydrogens (primary N) is 1. The molecular formula is C12H15FN2O. The summed E-state index contributed by atoms with van der Waals surface area (Å²) >= 11 is 0. The number of carbonyl (C=O) groups is 1. The maximum absolute atomic E-state index is 13.7. The minimum absolute atomic E-state index is 0.126. The topological polar surface area (TPSA) is 55.1 Å². The lowest BCUT2D eigenvalue weighted by Gasteiger charge is -2.20. The van der Waals surface area contributed by atoms with Crippen molar-refractivity contribution < 1.29 is 9.18 Å². The lowest BCUT2D eigenvalue weighted by molar-refractivity contribution is -0.116. The number of amides is 1. The molecule has 0 saturated carbocycles. The summed E-state index contributed by atoms with van der Waals surface area (Å²) in [7, 11) is 0. The van der Waals surface area contributed by atoms with Crippen LogP contribution in [0.15, 0.2) is 12.1 Å². The summed E-state index contributed by atoms with van der Waals surface area (Å²) in [5.41, 5.74) is 7.84. The van der Waals surface area contributed by atoms with Crippen LogP contribution >= 0.6 is 0 Å². The molecule has 1 amide bonds. The molecule has 1 aliphatic rings. The molecule has 1 heterocycles. The van der Waals surface area contributed by atoms with Crippen LogP contribution in [0.3, 0.4) is 0 Å². The lowest BCUT2D eigenvalue weighted by atomic mass is 9.96. The van der Waals surface area contributed by atoms with Gasteiger partial charge in [0.2, 0.25) is 5.91 Å². The van der Waals surface area contributed by atoms with E-state index >= 15 is 0 Å². The Hall–Kier alpha value is -1.42. The fourth-order valence-electron chi connectivity index (χ4n) is 1.92. The van der Waals surface area contributed by atoms with Crippen LogP contribution in [0.1, 0.15) is 36.9 Å². The van der Waals surface area contributed by atoms with Crippen molar-refractivity contribution in [2.75, 3.05) is 5.32 Å². The Labute approximate surface area is 93.8 Å². The van der Waals surface area contributed by atoms with Crippen molar-refractivity contribution in [3.05, 3.63) is 29.1 Å². The maximum atomic E-state index is 13.7. The number of carbonyl (C=O) groups excluding carboxylic acids is 1. The number of nitrogens with one attached hydrogen (secondary N) is 1. The Morgan fingerprint density at radius 3 is 2.94 bits per heavy atom. The van der Waals surface area contributed by atoms with Gasteiger partial charge in [0.25, 0.3) is 0 Å². The zero-order chi connectivity index (χ0) is 11.7. The monoisotopic (exact) mass is 222 g/mol. The van der Waals surface area contributed by atoms with Crippen LogP contribution < -0.4 is 11.1 Å². The summed E-state index contributed by atoms with van der Waals surface area (Å²) in [6.45, 7) is 1.96. The zero-order valence-electron chi connectivity index (χ0n) is 9.22. The van der Waals surface area contributed by atoms with E-state index in [-0.39, 0.29) is 17.8 Å². The molecule has 0 spiro atoms. The Morgan fingerprint density at radius 2 is 2.25 bits per heavy atom. The molecule has 4 heteroatoms.